The fourth-order valence-corrected chi connectivity index (χ4v) is 0.333. The number of carbonyl (C=O) groups is 1. The summed E-state index contributed by atoms with van der Waals surface area (Å²) in [7, 11) is 0. The van der Waals surface area contributed by atoms with Gasteiger partial charge in [-0.1, -0.05) is 0 Å². The summed E-state index contributed by atoms with van der Waals surface area (Å²) in [6.07, 6.45) is -7.49. The predicted molar refractivity (Wildman–Crippen MR) is 27.7 cm³/mol. The van der Waals surface area contributed by atoms with Gasteiger partial charge in [-0.2, -0.15) is 13.2 Å². The molecule has 0 amide bonds. The fourth-order valence-electron chi connectivity index (χ4n) is 0.333. The van der Waals surface area contributed by atoms with Gasteiger partial charge < -0.3 is 15.9 Å². The molecule has 0 bridgehead atoms. The standard InChI is InChI=1S/C4H6F3NO3/c5-4(6,7)2(8)1(9)3(10)11/h1-2,9H,8H2,(H,10,11)/t1-,2+/m1/s1. The van der Waals surface area contributed by atoms with E-state index in [9.17, 15) is 18.0 Å². The van der Waals surface area contributed by atoms with Gasteiger partial charge in [-0.25, -0.2) is 4.79 Å². The van der Waals surface area contributed by atoms with Crippen LogP contribution in [0.25, 0.3) is 0 Å². The zero-order valence-electron chi connectivity index (χ0n) is 5.17. The topological polar surface area (TPSA) is 83.5 Å². The average Bonchev–Trinajstić information content (AvgIpc) is 1.82. The number of alkyl halides is 3. The smallest absolute Gasteiger partial charge is 0.406 e. The lowest BCUT2D eigenvalue weighted by Gasteiger charge is -2.17. The monoisotopic (exact) mass is 173 g/mol. The molecule has 7 heteroatoms. The molecule has 4 N–H and O–H groups in total. The molecule has 0 heterocycles. The lowest BCUT2D eigenvalue weighted by atomic mass is 10.2. The highest BCUT2D eigenvalue weighted by molar-refractivity contribution is 5.73. The molecule has 0 rings (SSSR count). The van der Waals surface area contributed by atoms with E-state index in [2.05, 4.69) is 5.73 Å². The Kier molecular flexibility index (Phi) is 2.83. The third-order valence-corrected chi connectivity index (χ3v) is 0.971. The van der Waals surface area contributed by atoms with Crippen LogP contribution in [0.4, 0.5) is 13.2 Å². The Labute approximate surface area is 59.4 Å². The molecule has 0 aromatic carbocycles. The molecular formula is C4H6F3NO3. The highest BCUT2D eigenvalue weighted by Gasteiger charge is 2.44. The van der Waals surface area contributed by atoms with Gasteiger partial charge in [-0.15, -0.1) is 0 Å². The average molecular weight is 173 g/mol. The number of carboxylic acids is 1. The maximum Gasteiger partial charge on any atom is 0.406 e. The number of carboxylic acid groups (broad SMARTS) is 1. The van der Waals surface area contributed by atoms with E-state index in [0.29, 0.717) is 0 Å². The summed E-state index contributed by atoms with van der Waals surface area (Å²) in [6.45, 7) is 0. The second-order valence-corrected chi connectivity index (χ2v) is 1.85. The van der Waals surface area contributed by atoms with E-state index in [1.807, 2.05) is 0 Å². The third kappa shape index (κ3) is 2.72. The van der Waals surface area contributed by atoms with Crippen molar-refractivity contribution in [3.8, 4) is 0 Å². The second kappa shape index (κ2) is 3.05. The number of aliphatic hydroxyl groups excluding tert-OH is 1. The molecule has 0 saturated heterocycles. The molecule has 0 aliphatic rings. The molecule has 66 valence electrons. The van der Waals surface area contributed by atoms with Gasteiger partial charge in [0.2, 0.25) is 0 Å². The lowest BCUT2D eigenvalue weighted by Crippen LogP contribution is -2.50. The van der Waals surface area contributed by atoms with E-state index in [0.717, 1.165) is 0 Å². The Morgan fingerprint density at radius 1 is 1.45 bits per heavy atom. The number of hydrogen-bond donors (Lipinski definition) is 3. The number of hydrogen-bond acceptors (Lipinski definition) is 3. The van der Waals surface area contributed by atoms with Gasteiger partial charge in [0, 0.05) is 0 Å². The molecule has 0 aliphatic carbocycles. The Morgan fingerprint density at radius 2 is 1.82 bits per heavy atom. The van der Waals surface area contributed by atoms with Crippen molar-refractivity contribution in [2.24, 2.45) is 5.73 Å². The highest BCUT2D eigenvalue weighted by atomic mass is 19.4. The molecule has 0 aliphatic heterocycles. The van der Waals surface area contributed by atoms with E-state index in [4.69, 9.17) is 10.2 Å². The molecule has 0 aromatic heterocycles. The van der Waals surface area contributed by atoms with Crippen molar-refractivity contribution in [3.05, 3.63) is 0 Å². The van der Waals surface area contributed by atoms with E-state index < -0.39 is 24.3 Å². The first kappa shape index (κ1) is 10.2. The van der Waals surface area contributed by atoms with Crippen LogP contribution in [0.15, 0.2) is 0 Å². The van der Waals surface area contributed by atoms with Crippen LogP contribution in [0.1, 0.15) is 0 Å². The minimum atomic E-state index is -4.89. The Hall–Kier alpha value is -0.820. The number of nitrogens with two attached hydrogens (primary N) is 1. The quantitative estimate of drug-likeness (QED) is 0.516. The first-order chi connectivity index (χ1) is 4.76. The van der Waals surface area contributed by atoms with Crippen LogP contribution < -0.4 is 5.73 Å². The van der Waals surface area contributed by atoms with Crippen molar-refractivity contribution in [2.75, 3.05) is 0 Å². The van der Waals surface area contributed by atoms with Gasteiger partial charge in [0.25, 0.3) is 0 Å². The zero-order valence-corrected chi connectivity index (χ0v) is 5.17. The van der Waals surface area contributed by atoms with Crippen LogP contribution in [0.2, 0.25) is 0 Å². The predicted octanol–water partition coefficient (Wildman–Crippen LogP) is -0.679. The molecule has 11 heavy (non-hydrogen) atoms. The molecule has 2 atom stereocenters. The molecule has 0 spiro atoms. The molecule has 0 unspecified atom stereocenters. The van der Waals surface area contributed by atoms with Crippen LogP contribution in [0.3, 0.4) is 0 Å². The normalized spacial score (nSPS) is 17.5. The lowest BCUT2D eigenvalue weighted by molar-refractivity contribution is -0.182. The van der Waals surface area contributed by atoms with Crippen LogP contribution >= 0.6 is 0 Å². The first-order valence-corrected chi connectivity index (χ1v) is 2.50. The molecule has 4 nitrogen and oxygen atoms in total. The number of rotatable bonds is 2. The molecule has 0 radical (unpaired) electrons. The molecular weight excluding hydrogens is 167 g/mol. The number of aliphatic hydroxyl groups is 1. The van der Waals surface area contributed by atoms with Gasteiger partial charge in [-0.05, 0) is 0 Å². The van der Waals surface area contributed by atoms with Crippen molar-refractivity contribution in [2.45, 2.75) is 18.3 Å². The maximum absolute atomic E-state index is 11.5. The van der Waals surface area contributed by atoms with Gasteiger partial charge in [0.1, 0.15) is 6.04 Å². The van der Waals surface area contributed by atoms with Crippen molar-refractivity contribution in [1.29, 1.82) is 0 Å². The third-order valence-electron chi connectivity index (χ3n) is 0.971. The highest BCUT2D eigenvalue weighted by Crippen LogP contribution is 2.20. The summed E-state index contributed by atoms with van der Waals surface area (Å²) in [5.41, 5.74) is 4.34. The van der Waals surface area contributed by atoms with Crippen molar-refractivity contribution >= 4 is 5.97 Å². The summed E-state index contributed by atoms with van der Waals surface area (Å²) in [5.74, 6) is -1.99. The van der Waals surface area contributed by atoms with Crippen molar-refractivity contribution in [3.63, 3.8) is 0 Å². The van der Waals surface area contributed by atoms with Crippen LogP contribution in [0.5, 0.6) is 0 Å². The summed E-state index contributed by atoms with van der Waals surface area (Å²) >= 11 is 0. The SMILES string of the molecule is N[C@@H]([C@@H](O)C(=O)O)C(F)(F)F. The van der Waals surface area contributed by atoms with Gasteiger partial charge in [0.05, 0.1) is 0 Å². The zero-order chi connectivity index (χ0) is 9.23. The van der Waals surface area contributed by atoms with E-state index in [-0.39, 0.29) is 0 Å². The molecule has 0 saturated carbocycles. The summed E-state index contributed by atoms with van der Waals surface area (Å²) in [5, 5.41) is 16.2. The Balaban J connectivity index is 4.25. The molecule has 0 fully saturated rings. The first-order valence-electron chi connectivity index (χ1n) is 2.50. The van der Waals surface area contributed by atoms with E-state index in [1.54, 1.807) is 0 Å². The van der Waals surface area contributed by atoms with Crippen LogP contribution in [0, 0.1) is 0 Å². The minimum absolute atomic E-state index is 1.99. The van der Waals surface area contributed by atoms with Gasteiger partial charge >= 0.3 is 12.1 Å². The van der Waals surface area contributed by atoms with E-state index >= 15 is 0 Å². The van der Waals surface area contributed by atoms with Gasteiger partial charge in [0.15, 0.2) is 6.10 Å². The largest absolute Gasteiger partial charge is 0.479 e. The maximum atomic E-state index is 11.5. The Morgan fingerprint density at radius 3 is 1.91 bits per heavy atom. The fraction of sp³-hybridized carbons (Fsp3) is 0.750. The summed E-state index contributed by atoms with van der Waals surface area (Å²) < 4.78 is 34.5. The summed E-state index contributed by atoms with van der Waals surface area (Å²) in [4.78, 5) is 9.76. The number of halogens is 3. The number of aliphatic carboxylic acids is 1. The van der Waals surface area contributed by atoms with Crippen LogP contribution in [-0.4, -0.2) is 34.5 Å². The van der Waals surface area contributed by atoms with E-state index in [1.165, 1.54) is 0 Å². The van der Waals surface area contributed by atoms with Crippen molar-refractivity contribution in [1.82, 2.24) is 0 Å². The van der Waals surface area contributed by atoms with Gasteiger partial charge in [-0.3, -0.25) is 0 Å². The van der Waals surface area contributed by atoms with Crippen molar-refractivity contribution < 1.29 is 28.2 Å². The Bertz CT molecular complexity index is 157. The summed E-state index contributed by atoms with van der Waals surface area (Å²) in [6, 6.07) is -2.74. The van der Waals surface area contributed by atoms with Crippen LogP contribution in [-0.2, 0) is 4.79 Å². The molecule has 0 aromatic rings. The second-order valence-electron chi connectivity index (χ2n) is 1.85. The minimum Gasteiger partial charge on any atom is -0.479 e.